The van der Waals surface area contributed by atoms with Crippen LogP contribution in [0.15, 0.2) is 54.6 Å². The Labute approximate surface area is 139 Å². The molecule has 1 radical (unpaired) electrons. The van der Waals surface area contributed by atoms with Crippen molar-refractivity contribution in [2.45, 2.75) is 12.3 Å². The summed E-state index contributed by atoms with van der Waals surface area (Å²) < 4.78 is 14.8. The van der Waals surface area contributed by atoms with Crippen molar-refractivity contribution < 1.29 is 26.5 Å². The number of rotatable bonds is 1. The Hall–Kier alpha value is -0.941. The Morgan fingerprint density at radius 2 is 1.52 bits per heavy atom. The molecule has 0 aromatic heterocycles. The van der Waals surface area contributed by atoms with E-state index in [1.165, 1.54) is 5.56 Å². The van der Waals surface area contributed by atoms with Gasteiger partial charge in [-0.3, -0.25) is 0 Å². The van der Waals surface area contributed by atoms with Gasteiger partial charge >= 0.3 is 21.5 Å². The molecule has 3 nitrogen and oxygen atoms in total. The number of allylic oxidation sites excluding steroid dienone is 4. The molecule has 0 aliphatic heterocycles. The van der Waals surface area contributed by atoms with Crippen molar-refractivity contribution in [1.82, 2.24) is 0 Å². The first-order valence-electron chi connectivity index (χ1n) is 6.08. The summed E-state index contributed by atoms with van der Waals surface area (Å²) in [5.41, 5.74) is 7.16. The average molecular weight is 345 g/mol. The zero-order valence-corrected chi connectivity index (χ0v) is 14.6. The fourth-order valence-corrected chi connectivity index (χ4v) is 1.53. The van der Waals surface area contributed by atoms with Gasteiger partial charge < -0.3 is 0 Å². The Bertz CT molecular complexity index is 419. The van der Waals surface area contributed by atoms with Gasteiger partial charge in [0.15, 0.2) is 0 Å². The molecule has 1 aliphatic carbocycles. The predicted molar refractivity (Wildman–Crippen MR) is 83.1 cm³/mol. The molecule has 21 heavy (non-hydrogen) atoms. The van der Waals surface area contributed by atoms with E-state index in [1.807, 2.05) is 0 Å². The summed E-state index contributed by atoms with van der Waals surface area (Å²) in [4.78, 5) is 0. The monoisotopic (exact) mass is 345 g/mol. The van der Waals surface area contributed by atoms with E-state index in [-0.39, 0.29) is 17.1 Å². The van der Waals surface area contributed by atoms with Gasteiger partial charge in [-0.2, -0.15) is 0 Å². The zero-order chi connectivity index (χ0) is 15.8. The topological polar surface area (TPSA) is 63.6 Å². The van der Waals surface area contributed by atoms with Gasteiger partial charge in [-0.25, -0.2) is 0 Å². The Morgan fingerprint density at radius 1 is 1.05 bits per heavy atom. The smallest absolute Gasteiger partial charge is 0 e. The molecule has 0 fully saturated rings. The summed E-state index contributed by atoms with van der Waals surface area (Å²) in [6, 6.07) is 10.6. The second-order valence-electron chi connectivity index (χ2n) is 4.41. The summed E-state index contributed by atoms with van der Waals surface area (Å²) in [5, 5.41) is 0. The molecule has 0 unspecified atom stereocenters. The van der Waals surface area contributed by atoms with Gasteiger partial charge in [0.1, 0.15) is 0 Å². The Kier molecular flexibility index (Phi) is 22.7. The summed E-state index contributed by atoms with van der Waals surface area (Å²) in [6.45, 7) is 11.2. The van der Waals surface area contributed by atoms with Crippen LogP contribution in [-0.2, 0) is 26.5 Å². The van der Waals surface area contributed by atoms with E-state index in [9.17, 15) is 0 Å². The molecule has 1 aromatic rings. The Morgan fingerprint density at radius 3 is 1.90 bits per heavy atom. The second kappa shape index (κ2) is 19.1. The molecular weight excluding hydrogens is 324 g/mol. The first-order valence-corrected chi connectivity index (χ1v) is 8.76. The standard InChI is InChI=1S/C12H12.C3H9P.CO.Mn.NO/c1-3-7-11(8-4-1)12-9-5-2-6-10-12;1-4(2)3;1-2;;1-2/h1-9,12H,10H2;1-3H3;;;/q;;;;+1/t12-;;;;/m1..../s1. The van der Waals surface area contributed by atoms with Crippen molar-refractivity contribution in [3.8, 4) is 0 Å². The van der Waals surface area contributed by atoms with Crippen LogP contribution in [0.1, 0.15) is 17.9 Å². The number of hydrogen-bond acceptors (Lipinski definition) is 1. The molecule has 0 saturated carbocycles. The molecule has 0 bridgehead atoms. The van der Waals surface area contributed by atoms with Crippen molar-refractivity contribution in [3.05, 3.63) is 66.8 Å². The van der Waals surface area contributed by atoms with E-state index in [1.54, 1.807) is 0 Å². The van der Waals surface area contributed by atoms with Crippen LogP contribution in [0, 0.1) is 12.1 Å². The fraction of sp³-hybridized carbons (Fsp3) is 0.312. The van der Waals surface area contributed by atoms with Crippen molar-refractivity contribution in [1.29, 1.82) is 5.46 Å². The SMILES string of the molecule is C1=CC[C@H](c2ccccc2)C=C1.CP(C)C.N#[O+].[C-]#[O+].[Mn]. The van der Waals surface area contributed by atoms with Crippen LogP contribution in [0.4, 0.5) is 0 Å². The number of benzene rings is 1. The summed E-state index contributed by atoms with van der Waals surface area (Å²) in [5.74, 6) is 0.594. The third-order valence-corrected chi connectivity index (χ3v) is 2.21. The van der Waals surface area contributed by atoms with Crippen LogP contribution in [-0.4, -0.2) is 20.0 Å². The molecule has 1 aromatic carbocycles. The maximum atomic E-state index is 7.50. The van der Waals surface area contributed by atoms with Gasteiger partial charge in [0.05, 0.1) is 0 Å². The molecule has 0 heterocycles. The van der Waals surface area contributed by atoms with E-state index in [2.05, 4.69) is 81.3 Å². The first-order chi connectivity index (χ1) is 9.70. The van der Waals surface area contributed by atoms with Crippen LogP contribution in [0.5, 0.6) is 0 Å². The molecule has 1 atom stereocenters. The third kappa shape index (κ3) is 15.3. The van der Waals surface area contributed by atoms with Gasteiger partial charge in [-0.15, -0.1) is 7.92 Å². The minimum atomic E-state index is 0. The number of hydrogen-bond donors (Lipinski definition) is 0. The van der Waals surface area contributed by atoms with E-state index in [4.69, 9.17) is 14.9 Å². The molecule has 0 amide bonds. The van der Waals surface area contributed by atoms with Crippen molar-refractivity contribution >= 4 is 7.92 Å². The molecule has 0 saturated heterocycles. The van der Waals surface area contributed by atoms with E-state index < -0.39 is 0 Å². The van der Waals surface area contributed by atoms with E-state index in [0.29, 0.717) is 13.8 Å². The molecule has 0 spiro atoms. The van der Waals surface area contributed by atoms with Crippen LogP contribution in [0.3, 0.4) is 0 Å². The van der Waals surface area contributed by atoms with Crippen molar-refractivity contribution in [3.63, 3.8) is 0 Å². The third-order valence-electron chi connectivity index (χ3n) is 2.21. The molecule has 0 N–H and O–H groups in total. The summed E-state index contributed by atoms with van der Waals surface area (Å²) in [7, 11) is 0.380. The van der Waals surface area contributed by atoms with Gasteiger partial charge in [-0.1, -0.05) is 54.6 Å². The quantitative estimate of drug-likeness (QED) is 0.320. The van der Waals surface area contributed by atoms with Gasteiger partial charge in [-0.05, 0) is 32.0 Å². The minimum absolute atomic E-state index is 0. The van der Waals surface area contributed by atoms with E-state index in [0.717, 1.165) is 6.42 Å². The van der Waals surface area contributed by atoms with Gasteiger partial charge in [0.25, 0.3) is 0 Å². The molecular formula is C16H21MnNO2P+. The van der Waals surface area contributed by atoms with Crippen LogP contribution in [0.2, 0.25) is 0 Å². The minimum Gasteiger partial charge on any atom is 0 e. The second-order valence-corrected chi connectivity index (χ2v) is 7.09. The predicted octanol–water partition coefficient (Wildman–Crippen LogP) is 4.50. The van der Waals surface area contributed by atoms with Crippen LogP contribution < -0.4 is 0 Å². The van der Waals surface area contributed by atoms with Gasteiger partial charge in [0.2, 0.25) is 0 Å². The van der Waals surface area contributed by atoms with Crippen LogP contribution in [0.25, 0.3) is 0 Å². The summed E-state index contributed by atoms with van der Waals surface area (Å²) in [6.07, 6.45) is 9.86. The molecule has 113 valence electrons. The fourth-order valence-electron chi connectivity index (χ4n) is 1.53. The zero-order valence-electron chi connectivity index (χ0n) is 12.6. The van der Waals surface area contributed by atoms with Crippen molar-refractivity contribution in [2.75, 3.05) is 20.0 Å². The van der Waals surface area contributed by atoms with E-state index >= 15 is 0 Å². The first kappa shape index (κ1) is 25.0. The molecule has 2 rings (SSSR count). The average Bonchev–Trinajstić information content (AvgIpc) is 2.52. The van der Waals surface area contributed by atoms with Gasteiger partial charge in [0, 0.05) is 23.0 Å². The maximum Gasteiger partial charge on any atom is 0 e. The Balaban J connectivity index is -0.000000311. The van der Waals surface area contributed by atoms with Crippen LogP contribution >= 0.6 is 7.92 Å². The normalized spacial score (nSPS) is 14.0. The molecule has 1 aliphatic rings. The molecule has 5 heteroatoms. The largest absolute Gasteiger partial charge is 0 e. The summed E-state index contributed by atoms with van der Waals surface area (Å²) >= 11 is 0. The number of nitrogens with zero attached hydrogens (tertiary/aromatic N) is 1. The van der Waals surface area contributed by atoms with Crippen molar-refractivity contribution in [2.24, 2.45) is 0 Å². The maximum absolute atomic E-state index is 7.50.